The number of hydrogen-bond acceptors (Lipinski definition) is 4. The number of nitrogens with one attached hydrogen (secondary N) is 1. The third kappa shape index (κ3) is 4.74. The van der Waals surface area contributed by atoms with Gasteiger partial charge >= 0.3 is 0 Å². The quantitative estimate of drug-likeness (QED) is 0.732. The molecule has 1 N–H and O–H groups in total. The summed E-state index contributed by atoms with van der Waals surface area (Å²) in [5, 5.41) is 0. The second kappa shape index (κ2) is 8.36. The Morgan fingerprint density at radius 2 is 1.72 bits per heavy atom. The maximum absolute atomic E-state index is 12.6. The molecule has 0 aromatic heterocycles. The van der Waals surface area contributed by atoms with Crippen molar-refractivity contribution in [2.45, 2.75) is 32.1 Å². The monoisotopic (exact) mass is 363 g/mol. The predicted octanol–water partition coefficient (Wildman–Crippen LogP) is 3.23. The molecular weight excluding hydrogens is 338 g/mol. The molecule has 25 heavy (non-hydrogen) atoms. The van der Waals surface area contributed by atoms with Crippen molar-refractivity contribution in [3.05, 3.63) is 53.1 Å². The molecule has 2 aromatic carbocycles. The summed E-state index contributed by atoms with van der Waals surface area (Å²) in [4.78, 5) is 0.145. The van der Waals surface area contributed by atoms with Gasteiger partial charge in [0.05, 0.1) is 7.11 Å². The average molecular weight is 363 g/mol. The van der Waals surface area contributed by atoms with Crippen LogP contribution in [0, 0.1) is 13.8 Å². The fourth-order valence-electron chi connectivity index (χ4n) is 2.48. The first-order valence-corrected chi connectivity index (χ1v) is 9.73. The van der Waals surface area contributed by atoms with E-state index in [1.807, 2.05) is 38.1 Å². The highest BCUT2D eigenvalue weighted by Gasteiger charge is 2.20. The van der Waals surface area contributed by atoms with Gasteiger partial charge in [-0.25, -0.2) is 13.1 Å². The molecule has 0 bridgehead atoms. The summed E-state index contributed by atoms with van der Waals surface area (Å²) in [6.45, 7) is 6.27. The number of hydrogen-bond donors (Lipinski definition) is 1. The largest absolute Gasteiger partial charge is 0.495 e. The third-order valence-electron chi connectivity index (χ3n) is 4.07. The van der Waals surface area contributed by atoms with Crippen LogP contribution in [0.2, 0.25) is 0 Å². The van der Waals surface area contributed by atoms with Gasteiger partial charge in [-0.3, -0.25) is 0 Å². The van der Waals surface area contributed by atoms with E-state index in [9.17, 15) is 8.42 Å². The summed E-state index contributed by atoms with van der Waals surface area (Å²) in [5.74, 6) is 1.13. The topological polar surface area (TPSA) is 64.6 Å². The molecule has 0 spiro atoms. The van der Waals surface area contributed by atoms with Gasteiger partial charge in [-0.1, -0.05) is 25.1 Å². The summed E-state index contributed by atoms with van der Waals surface area (Å²) >= 11 is 0. The number of rotatable bonds is 8. The van der Waals surface area contributed by atoms with Gasteiger partial charge in [0.1, 0.15) is 23.0 Å². The molecule has 0 heterocycles. The Bertz CT molecular complexity index is 831. The number of sulfonamides is 1. The van der Waals surface area contributed by atoms with Crippen LogP contribution < -0.4 is 14.2 Å². The maximum Gasteiger partial charge on any atom is 0.244 e. The standard InChI is InChI=1S/C19H25NO4S/c1-5-16-8-6-7-9-17(16)24-11-10-20-25(21,22)19-13-15(3)14(2)12-18(19)23-4/h6-9,12-13,20H,5,10-11H2,1-4H3. The number of aryl methyl sites for hydroxylation is 3. The van der Waals surface area contributed by atoms with E-state index >= 15 is 0 Å². The normalized spacial score (nSPS) is 11.4. The lowest BCUT2D eigenvalue weighted by molar-refractivity contribution is 0.319. The molecule has 0 atom stereocenters. The highest BCUT2D eigenvalue weighted by molar-refractivity contribution is 7.89. The molecule has 0 unspecified atom stereocenters. The summed E-state index contributed by atoms with van der Waals surface area (Å²) in [6, 6.07) is 11.1. The van der Waals surface area contributed by atoms with Gasteiger partial charge in [-0.2, -0.15) is 0 Å². The fraction of sp³-hybridized carbons (Fsp3) is 0.368. The van der Waals surface area contributed by atoms with E-state index in [4.69, 9.17) is 9.47 Å². The molecule has 0 radical (unpaired) electrons. The Labute approximate surface area is 150 Å². The van der Waals surface area contributed by atoms with Crippen molar-refractivity contribution in [1.82, 2.24) is 4.72 Å². The molecule has 0 aliphatic rings. The Morgan fingerprint density at radius 1 is 1.04 bits per heavy atom. The van der Waals surface area contributed by atoms with Gasteiger partial charge in [-0.05, 0) is 55.2 Å². The first-order valence-electron chi connectivity index (χ1n) is 8.24. The lowest BCUT2D eigenvalue weighted by atomic mass is 10.1. The molecule has 0 amide bonds. The van der Waals surface area contributed by atoms with Gasteiger partial charge in [0, 0.05) is 6.54 Å². The number of ether oxygens (including phenoxy) is 2. The van der Waals surface area contributed by atoms with E-state index in [0.717, 1.165) is 28.9 Å². The molecule has 6 heteroatoms. The van der Waals surface area contributed by atoms with Crippen molar-refractivity contribution in [2.24, 2.45) is 0 Å². The van der Waals surface area contributed by atoms with E-state index in [1.165, 1.54) is 7.11 Å². The van der Waals surface area contributed by atoms with Crippen LogP contribution >= 0.6 is 0 Å². The number of para-hydroxylation sites is 1. The van der Waals surface area contributed by atoms with E-state index in [0.29, 0.717) is 5.75 Å². The lowest BCUT2D eigenvalue weighted by Crippen LogP contribution is -2.28. The fourth-order valence-corrected chi connectivity index (χ4v) is 3.73. The van der Waals surface area contributed by atoms with E-state index in [1.54, 1.807) is 12.1 Å². The minimum absolute atomic E-state index is 0.145. The Hall–Kier alpha value is -2.05. The molecule has 0 saturated heterocycles. The first-order chi connectivity index (χ1) is 11.9. The minimum atomic E-state index is -3.67. The molecule has 5 nitrogen and oxygen atoms in total. The van der Waals surface area contributed by atoms with Crippen molar-refractivity contribution in [3.8, 4) is 11.5 Å². The predicted molar refractivity (Wildman–Crippen MR) is 99.0 cm³/mol. The third-order valence-corrected chi connectivity index (χ3v) is 5.56. The lowest BCUT2D eigenvalue weighted by Gasteiger charge is -2.14. The second-order valence-electron chi connectivity index (χ2n) is 5.79. The van der Waals surface area contributed by atoms with Gasteiger partial charge in [-0.15, -0.1) is 0 Å². The van der Waals surface area contributed by atoms with Gasteiger partial charge in [0.25, 0.3) is 0 Å². The van der Waals surface area contributed by atoms with Gasteiger partial charge in [0.15, 0.2) is 0 Å². The van der Waals surface area contributed by atoms with Crippen LogP contribution in [0.5, 0.6) is 11.5 Å². The Kier molecular flexibility index (Phi) is 6.45. The van der Waals surface area contributed by atoms with Gasteiger partial charge in [0.2, 0.25) is 10.0 Å². The van der Waals surface area contributed by atoms with Crippen LogP contribution in [0.25, 0.3) is 0 Å². The summed E-state index contributed by atoms with van der Waals surface area (Å²) in [6.07, 6.45) is 0.863. The summed E-state index contributed by atoms with van der Waals surface area (Å²) in [7, 11) is -2.20. The zero-order valence-corrected chi connectivity index (χ0v) is 15.9. The zero-order valence-electron chi connectivity index (χ0n) is 15.1. The molecular formula is C19H25NO4S. The zero-order chi connectivity index (χ0) is 18.4. The molecule has 0 aliphatic carbocycles. The molecule has 0 saturated carbocycles. The highest BCUT2D eigenvalue weighted by atomic mass is 32.2. The van der Waals surface area contributed by atoms with E-state index in [-0.39, 0.29) is 18.0 Å². The van der Waals surface area contributed by atoms with Crippen LogP contribution in [-0.2, 0) is 16.4 Å². The van der Waals surface area contributed by atoms with Crippen LogP contribution in [0.4, 0.5) is 0 Å². The molecule has 0 fully saturated rings. The molecule has 136 valence electrons. The molecule has 0 aliphatic heterocycles. The molecule has 2 aromatic rings. The summed E-state index contributed by atoms with van der Waals surface area (Å²) in [5.41, 5.74) is 2.98. The average Bonchev–Trinajstić information content (AvgIpc) is 2.60. The minimum Gasteiger partial charge on any atom is -0.495 e. The van der Waals surface area contributed by atoms with Crippen molar-refractivity contribution in [2.75, 3.05) is 20.3 Å². The van der Waals surface area contributed by atoms with E-state index < -0.39 is 10.0 Å². The van der Waals surface area contributed by atoms with Crippen molar-refractivity contribution < 1.29 is 17.9 Å². The van der Waals surface area contributed by atoms with Crippen LogP contribution in [-0.4, -0.2) is 28.7 Å². The SMILES string of the molecule is CCc1ccccc1OCCNS(=O)(=O)c1cc(C)c(C)cc1OC. The first kappa shape index (κ1) is 19.3. The van der Waals surface area contributed by atoms with Crippen LogP contribution in [0.1, 0.15) is 23.6 Å². The van der Waals surface area contributed by atoms with Crippen LogP contribution in [0.3, 0.4) is 0 Å². The Balaban J connectivity index is 2.04. The van der Waals surface area contributed by atoms with Crippen molar-refractivity contribution in [3.63, 3.8) is 0 Å². The smallest absolute Gasteiger partial charge is 0.244 e. The van der Waals surface area contributed by atoms with Crippen molar-refractivity contribution in [1.29, 1.82) is 0 Å². The van der Waals surface area contributed by atoms with Gasteiger partial charge < -0.3 is 9.47 Å². The Morgan fingerprint density at radius 3 is 2.40 bits per heavy atom. The summed E-state index contributed by atoms with van der Waals surface area (Å²) < 4.78 is 38.6. The number of methoxy groups -OCH3 is 1. The maximum atomic E-state index is 12.6. The molecule has 2 rings (SSSR count). The highest BCUT2D eigenvalue weighted by Crippen LogP contribution is 2.27. The number of benzene rings is 2. The second-order valence-corrected chi connectivity index (χ2v) is 7.53. The van der Waals surface area contributed by atoms with Crippen molar-refractivity contribution >= 4 is 10.0 Å². The van der Waals surface area contributed by atoms with E-state index in [2.05, 4.69) is 11.6 Å². The van der Waals surface area contributed by atoms with Crippen LogP contribution in [0.15, 0.2) is 41.3 Å².